The molecule has 1 fully saturated rings. The van der Waals surface area contributed by atoms with Crippen molar-refractivity contribution in [2.45, 2.75) is 19.8 Å². The molecular weight excluding hydrogens is 374 g/mol. The number of halogens is 1. The largest absolute Gasteiger partial charge is 0.310 e. The second-order valence-electron chi connectivity index (χ2n) is 5.81. The maximum atomic E-state index is 11.6. The summed E-state index contributed by atoms with van der Waals surface area (Å²) in [4.78, 5) is 29.7. The monoisotopic (exact) mass is 393 g/mol. The Balaban J connectivity index is 0.000000236. The van der Waals surface area contributed by atoms with E-state index in [4.69, 9.17) is 11.6 Å². The van der Waals surface area contributed by atoms with Crippen molar-refractivity contribution in [3.63, 3.8) is 0 Å². The first-order chi connectivity index (χ1) is 13.6. The second-order valence-corrected chi connectivity index (χ2v) is 6.20. The van der Waals surface area contributed by atoms with Crippen LogP contribution in [0.3, 0.4) is 0 Å². The Labute approximate surface area is 169 Å². The van der Waals surface area contributed by atoms with Crippen molar-refractivity contribution in [1.29, 1.82) is 0 Å². The van der Waals surface area contributed by atoms with Crippen LogP contribution < -0.4 is 4.90 Å². The van der Waals surface area contributed by atoms with Crippen LogP contribution in [-0.2, 0) is 4.79 Å². The first-order valence-corrected chi connectivity index (χ1v) is 8.95. The van der Waals surface area contributed by atoms with E-state index in [1.54, 1.807) is 42.0 Å². The van der Waals surface area contributed by atoms with Gasteiger partial charge >= 0.3 is 0 Å². The van der Waals surface area contributed by atoms with Gasteiger partial charge in [0.15, 0.2) is 5.82 Å². The Morgan fingerprint density at radius 2 is 1.68 bits per heavy atom. The molecule has 1 aliphatic heterocycles. The molecule has 1 amide bonds. The molecule has 7 heteroatoms. The summed E-state index contributed by atoms with van der Waals surface area (Å²) in [5, 5.41) is 0.551. The average molecular weight is 394 g/mol. The number of anilines is 1. The van der Waals surface area contributed by atoms with Gasteiger partial charge in [0, 0.05) is 37.1 Å². The first kappa shape index (κ1) is 21.0. The third-order valence-electron chi connectivity index (χ3n) is 3.84. The van der Waals surface area contributed by atoms with Crippen LogP contribution in [0.1, 0.15) is 18.4 Å². The van der Waals surface area contributed by atoms with Crippen LogP contribution in [0.4, 0.5) is 5.69 Å². The number of aryl methyl sites for hydroxylation is 1. The molecule has 4 rings (SSSR count). The minimum absolute atomic E-state index is 0.148. The van der Waals surface area contributed by atoms with Crippen molar-refractivity contribution in [1.82, 2.24) is 19.9 Å². The highest BCUT2D eigenvalue weighted by molar-refractivity contribution is 6.29. The smallest absolute Gasteiger partial charge is 0.227 e. The predicted molar refractivity (Wildman–Crippen MR) is 111 cm³/mol. The fraction of sp³-hybridized carbons (Fsp3) is 0.190. The molecule has 1 aliphatic rings. The van der Waals surface area contributed by atoms with Crippen LogP contribution in [0.15, 0.2) is 55.2 Å². The Bertz CT molecular complexity index is 875. The maximum absolute atomic E-state index is 11.6. The fourth-order valence-corrected chi connectivity index (χ4v) is 2.59. The van der Waals surface area contributed by atoms with Gasteiger partial charge in [-0.3, -0.25) is 9.78 Å². The van der Waals surface area contributed by atoms with Gasteiger partial charge in [-0.2, -0.15) is 0 Å². The lowest BCUT2D eigenvalue weighted by Gasteiger charge is -2.14. The number of rotatable bonds is 2. The van der Waals surface area contributed by atoms with E-state index in [1.165, 1.54) is 0 Å². The number of hydrogen-bond acceptors (Lipinski definition) is 5. The Kier molecular flexibility index (Phi) is 8.07. The number of nitrogens with zero attached hydrogens (tertiary/aromatic N) is 5. The molecule has 28 heavy (non-hydrogen) atoms. The van der Waals surface area contributed by atoms with Gasteiger partial charge < -0.3 is 4.90 Å². The Morgan fingerprint density at radius 1 is 1.00 bits per heavy atom. The van der Waals surface area contributed by atoms with Crippen LogP contribution in [0.2, 0.25) is 5.15 Å². The summed E-state index contributed by atoms with van der Waals surface area (Å²) in [5.41, 5.74) is 2.83. The maximum Gasteiger partial charge on any atom is 0.227 e. The summed E-state index contributed by atoms with van der Waals surface area (Å²) in [6.45, 7) is 2.74. The minimum Gasteiger partial charge on any atom is -0.310 e. The van der Waals surface area contributed by atoms with Gasteiger partial charge in [-0.15, -0.1) is 12.8 Å². The van der Waals surface area contributed by atoms with E-state index in [9.17, 15) is 4.79 Å². The molecule has 4 heterocycles. The van der Waals surface area contributed by atoms with Gasteiger partial charge in [-0.1, -0.05) is 17.7 Å². The predicted octanol–water partition coefficient (Wildman–Crippen LogP) is 3.96. The molecule has 0 saturated carbocycles. The van der Waals surface area contributed by atoms with E-state index in [2.05, 4.69) is 32.8 Å². The summed E-state index contributed by atoms with van der Waals surface area (Å²) in [6, 6.07) is 7.41. The van der Waals surface area contributed by atoms with E-state index < -0.39 is 0 Å². The molecule has 3 aromatic heterocycles. The van der Waals surface area contributed by atoms with Crippen LogP contribution in [0.5, 0.6) is 0 Å². The van der Waals surface area contributed by atoms with Crippen molar-refractivity contribution < 1.29 is 4.79 Å². The zero-order valence-corrected chi connectivity index (χ0v) is 16.3. The standard InChI is InChI=1S/C13H12N4O.C6H6ClN.C2H2/c18-12-2-1-7-17(12)11-8-15-13(16-9-11)10-3-5-14-6-4-10;1-5-2-3-6(7)8-4-5;1-2/h3-6,8-9H,1-2,7H2;2-4H,1H3;1-2H. The quantitative estimate of drug-likeness (QED) is 0.486. The molecule has 0 radical (unpaired) electrons. The van der Waals surface area contributed by atoms with E-state index in [0.717, 1.165) is 29.8 Å². The third-order valence-corrected chi connectivity index (χ3v) is 4.06. The zero-order valence-electron chi connectivity index (χ0n) is 15.5. The molecule has 0 bridgehead atoms. The zero-order chi connectivity index (χ0) is 20.4. The van der Waals surface area contributed by atoms with Gasteiger partial charge in [0.05, 0.1) is 18.1 Å². The Morgan fingerprint density at radius 3 is 2.18 bits per heavy atom. The number of carbonyl (C=O) groups is 1. The van der Waals surface area contributed by atoms with Crippen molar-refractivity contribution in [2.24, 2.45) is 0 Å². The molecule has 0 atom stereocenters. The minimum atomic E-state index is 0.148. The van der Waals surface area contributed by atoms with Crippen molar-refractivity contribution in [3.05, 3.63) is 66.0 Å². The lowest BCUT2D eigenvalue weighted by molar-refractivity contribution is -0.117. The molecule has 0 N–H and O–H groups in total. The van der Waals surface area contributed by atoms with Gasteiger partial charge in [-0.25, -0.2) is 15.0 Å². The third kappa shape index (κ3) is 5.86. The SMILES string of the molecule is C#C.Cc1ccc(Cl)nc1.O=C1CCCN1c1cnc(-c2ccncc2)nc1. The molecule has 0 unspecified atom stereocenters. The topological polar surface area (TPSA) is 71.9 Å². The number of terminal acetylenes is 1. The van der Waals surface area contributed by atoms with E-state index in [-0.39, 0.29) is 5.91 Å². The number of aromatic nitrogens is 4. The van der Waals surface area contributed by atoms with Crippen LogP contribution >= 0.6 is 11.6 Å². The van der Waals surface area contributed by atoms with E-state index in [1.807, 2.05) is 25.1 Å². The molecule has 142 valence electrons. The molecule has 1 saturated heterocycles. The summed E-state index contributed by atoms with van der Waals surface area (Å²) in [7, 11) is 0. The molecule has 3 aromatic rings. The highest BCUT2D eigenvalue weighted by atomic mass is 35.5. The highest BCUT2D eigenvalue weighted by Gasteiger charge is 2.22. The van der Waals surface area contributed by atoms with Gasteiger partial charge in [0.2, 0.25) is 5.91 Å². The lowest BCUT2D eigenvalue weighted by Crippen LogP contribution is -2.23. The number of amides is 1. The summed E-state index contributed by atoms with van der Waals surface area (Å²) in [6.07, 6.45) is 18.1. The van der Waals surface area contributed by atoms with Gasteiger partial charge in [0.25, 0.3) is 0 Å². The normalized spacial score (nSPS) is 12.4. The summed E-state index contributed by atoms with van der Waals surface area (Å²) >= 11 is 5.50. The fourth-order valence-electron chi connectivity index (χ4n) is 2.48. The average Bonchev–Trinajstić information content (AvgIpc) is 3.19. The highest BCUT2D eigenvalue weighted by Crippen LogP contribution is 2.21. The van der Waals surface area contributed by atoms with Gasteiger partial charge in [-0.05, 0) is 37.1 Å². The van der Waals surface area contributed by atoms with E-state index >= 15 is 0 Å². The van der Waals surface area contributed by atoms with Crippen molar-refractivity contribution >= 4 is 23.2 Å². The summed E-state index contributed by atoms with van der Waals surface area (Å²) in [5.74, 6) is 0.794. The van der Waals surface area contributed by atoms with Gasteiger partial charge in [0.1, 0.15) is 5.15 Å². The molecular formula is C21H20ClN5O. The van der Waals surface area contributed by atoms with E-state index in [0.29, 0.717) is 17.4 Å². The second kappa shape index (κ2) is 10.8. The molecule has 0 aromatic carbocycles. The van der Waals surface area contributed by atoms with Crippen LogP contribution in [-0.4, -0.2) is 32.4 Å². The molecule has 0 aliphatic carbocycles. The van der Waals surface area contributed by atoms with Crippen LogP contribution in [0.25, 0.3) is 11.4 Å². The number of carbonyl (C=O) groups excluding carboxylic acids is 1. The molecule has 6 nitrogen and oxygen atoms in total. The Hall–Kier alpha value is -3.30. The van der Waals surface area contributed by atoms with Crippen LogP contribution in [0, 0.1) is 19.8 Å². The molecule has 0 spiro atoms. The summed E-state index contributed by atoms with van der Waals surface area (Å²) < 4.78 is 0. The number of hydrogen-bond donors (Lipinski definition) is 0. The van der Waals surface area contributed by atoms with Crippen molar-refractivity contribution in [2.75, 3.05) is 11.4 Å². The van der Waals surface area contributed by atoms with Crippen molar-refractivity contribution in [3.8, 4) is 24.2 Å². The lowest BCUT2D eigenvalue weighted by atomic mass is 10.2. The number of pyridine rings is 2. The first-order valence-electron chi connectivity index (χ1n) is 8.58.